The molecular weight excluding hydrogens is 236 g/mol. The van der Waals surface area contributed by atoms with Crippen LogP contribution in [0.25, 0.3) is 0 Å². The van der Waals surface area contributed by atoms with Gasteiger partial charge in [-0.05, 0) is 19.1 Å². The standard InChI is InChI=1S/C11H18N4OS/c1-3-15-10(9(12)6-13-15)11(16)14(2)8-4-5-17-7-8/h6,8H,3-5,7,12H2,1-2H3. The molecule has 1 fully saturated rings. The first kappa shape index (κ1) is 12.3. The molecule has 1 amide bonds. The summed E-state index contributed by atoms with van der Waals surface area (Å²) in [5, 5.41) is 4.10. The number of aryl methyl sites for hydroxylation is 1. The van der Waals surface area contributed by atoms with E-state index in [0.717, 1.165) is 17.9 Å². The van der Waals surface area contributed by atoms with Gasteiger partial charge in [0.1, 0.15) is 5.69 Å². The summed E-state index contributed by atoms with van der Waals surface area (Å²) in [7, 11) is 1.85. The first-order chi connectivity index (χ1) is 8.15. The second kappa shape index (κ2) is 5.00. The van der Waals surface area contributed by atoms with Gasteiger partial charge in [0.2, 0.25) is 0 Å². The maximum Gasteiger partial charge on any atom is 0.274 e. The van der Waals surface area contributed by atoms with Gasteiger partial charge in [-0.2, -0.15) is 16.9 Å². The number of thioether (sulfide) groups is 1. The van der Waals surface area contributed by atoms with Gasteiger partial charge in [0, 0.05) is 25.4 Å². The number of nitrogens with two attached hydrogens (primary N) is 1. The van der Waals surface area contributed by atoms with E-state index < -0.39 is 0 Å². The summed E-state index contributed by atoms with van der Waals surface area (Å²) in [6.45, 7) is 2.61. The van der Waals surface area contributed by atoms with E-state index in [1.54, 1.807) is 15.8 Å². The first-order valence-corrected chi connectivity index (χ1v) is 6.96. The van der Waals surface area contributed by atoms with E-state index in [9.17, 15) is 4.79 Å². The van der Waals surface area contributed by atoms with Gasteiger partial charge in [0.15, 0.2) is 0 Å². The first-order valence-electron chi connectivity index (χ1n) is 5.81. The lowest BCUT2D eigenvalue weighted by Crippen LogP contribution is -2.38. The summed E-state index contributed by atoms with van der Waals surface area (Å²) in [5.41, 5.74) is 6.81. The van der Waals surface area contributed by atoms with Crippen molar-refractivity contribution >= 4 is 23.4 Å². The second-order valence-electron chi connectivity index (χ2n) is 4.20. The van der Waals surface area contributed by atoms with Gasteiger partial charge in [-0.25, -0.2) is 0 Å². The van der Waals surface area contributed by atoms with Crippen molar-refractivity contribution in [1.29, 1.82) is 0 Å². The maximum atomic E-state index is 12.4. The van der Waals surface area contributed by atoms with Gasteiger partial charge >= 0.3 is 0 Å². The molecule has 0 spiro atoms. The van der Waals surface area contributed by atoms with Crippen molar-refractivity contribution in [3.8, 4) is 0 Å². The van der Waals surface area contributed by atoms with E-state index in [-0.39, 0.29) is 5.91 Å². The number of amides is 1. The highest BCUT2D eigenvalue weighted by Crippen LogP contribution is 2.23. The molecule has 0 saturated carbocycles. The van der Waals surface area contributed by atoms with Crippen LogP contribution in [-0.4, -0.2) is 45.2 Å². The number of aromatic nitrogens is 2. The molecule has 2 heterocycles. The van der Waals surface area contributed by atoms with Crippen LogP contribution >= 0.6 is 11.8 Å². The molecule has 0 radical (unpaired) electrons. The molecule has 0 aliphatic carbocycles. The highest BCUT2D eigenvalue weighted by molar-refractivity contribution is 7.99. The van der Waals surface area contributed by atoms with Gasteiger partial charge in [-0.1, -0.05) is 0 Å². The summed E-state index contributed by atoms with van der Waals surface area (Å²) >= 11 is 1.89. The quantitative estimate of drug-likeness (QED) is 0.876. The lowest BCUT2D eigenvalue weighted by Gasteiger charge is -2.24. The maximum absolute atomic E-state index is 12.4. The number of rotatable bonds is 3. The Labute approximate surface area is 105 Å². The summed E-state index contributed by atoms with van der Waals surface area (Å²) in [5.74, 6) is 2.13. The highest BCUT2D eigenvalue weighted by atomic mass is 32.2. The molecule has 2 N–H and O–H groups in total. The number of nitrogen functional groups attached to an aromatic ring is 1. The van der Waals surface area contributed by atoms with Crippen LogP contribution in [0.3, 0.4) is 0 Å². The topological polar surface area (TPSA) is 64.2 Å². The molecule has 2 rings (SSSR count). The molecule has 1 unspecified atom stereocenters. The van der Waals surface area contributed by atoms with E-state index in [4.69, 9.17) is 5.73 Å². The molecular formula is C11H18N4OS. The Morgan fingerprint density at radius 1 is 1.76 bits per heavy atom. The van der Waals surface area contributed by atoms with Crippen LogP contribution in [0.15, 0.2) is 6.20 Å². The molecule has 1 aliphatic rings. The summed E-state index contributed by atoms with van der Waals surface area (Å²) in [6, 6.07) is 0.326. The zero-order valence-corrected chi connectivity index (χ0v) is 11.0. The predicted octanol–water partition coefficient (Wildman–Crippen LogP) is 1.06. The Balaban J connectivity index is 2.20. The normalized spacial score (nSPS) is 19.5. The summed E-state index contributed by atoms with van der Waals surface area (Å²) in [4.78, 5) is 14.2. The van der Waals surface area contributed by atoms with Crippen LogP contribution in [0.5, 0.6) is 0 Å². The summed E-state index contributed by atoms with van der Waals surface area (Å²) in [6.07, 6.45) is 2.61. The molecule has 5 nitrogen and oxygen atoms in total. The van der Waals surface area contributed by atoms with Gasteiger partial charge < -0.3 is 10.6 Å². The third kappa shape index (κ3) is 2.26. The molecule has 17 heavy (non-hydrogen) atoms. The van der Waals surface area contributed by atoms with E-state index in [1.807, 2.05) is 25.7 Å². The molecule has 1 aromatic heterocycles. The van der Waals surface area contributed by atoms with Crippen LogP contribution in [0, 0.1) is 0 Å². The minimum Gasteiger partial charge on any atom is -0.396 e. The lowest BCUT2D eigenvalue weighted by molar-refractivity contribution is 0.0736. The van der Waals surface area contributed by atoms with Gasteiger partial charge in [0.25, 0.3) is 5.91 Å². The van der Waals surface area contributed by atoms with E-state index in [1.165, 1.54) is 0 Å². The highest BCUT2D eigenvalue weighted by Gasteiger charge is 2.27. The smallest absolute Gasteiger partial charge is 0.274 e. The minimum atomic E-state index is -0.0191. The fourth-order valence-corrected chi connectivity index (χ4v) is 3.30. The van der Waals surface area contributed by atoms with Gasteiger partial charge in [-0.3, -0.25) is 9.48 Å². The Morgan fingerprint density at radius 2 is 2.53 bits per heavy atom. The molecule has 1 saturated heterocycles. The SMILES string of the molecule is CCn1ncc(N)c1C(=O)N(C)C1CCSC1. The third-order valence-electron chi connectivity index (χ3n) is 3.14. The monoisotopic (exact) mass is 254 g/mol. The van der Waals surface area contributed by atoms with E-state index in [0.29, 0.717) is 24.0 Å². The number of hydrogen-bond donors (Lipinski definition) is 1. The lowest BCUT2D eigenvalue weighted by atomic mass is 10.2. The Bertz CT molecular complexity index is 412. The van der Waals surface area contributed by atoms with Crippen LogP contribution in [0.1, 0.15) is 23.8 Å². The zero-order chi connectivity index (χ0) is 12.4. The molecule has 1 aliphatic heterocycles. The number of anilines is 1. The average molecular weight is 254 g/mol. The summed E-state index contributed by atoms with van der Waals surface area (Å²) < 4.78 is 1.66. The Morgan fingerprint density at radius 3 is 3.12 bits per heavy atom. The van der Waals surface area contributed by atoms with Crippen LogP contribution < -0.4 is 5.73 Å². The van der Waals surface area contributed by atoms with Crippen LogP contribution in [-0.2, 0) is 6.54 Å². The minimum absolute atomic E-state index is 0.0191. The molecule has 1 aromatic rings. The van der Waals surface area contributed by atoms with Crippen LogP contribution in [0.4, 0.5) is 5.69 Å². The van der Waals surface area contributed by atoms with Gasteiger partial charge in [0.05, 0.1) is 11.9 Å². The molecule has 94 valence electrons. The van der Waals surface area contributed by atoms with Crippen molar-refractivity contribution in [2.24, 2.45) is 0 Å². The number of carbonyl (C=O) groups is 1. The van der Waals surface area contributed by atoms with Crippen molar-refractivity contribution in [2.45, 2.75) is 25.9 Å². The number of nitrogens with zero attached hydrogens (tertiary/aromatic N) is 3. The zero-order valence-electron chi connectivity index (χ0n) is 10.2. The van der Waals surface area contributed by atoms with Crippen molar-refractivity contribution in [2.75, 3.05) is 24.3 Å². The molecule has 1 atom stereocenters. The average Bonchev–Trinajstić information content (AvgIpc) is 2.96. The molecule has 0 bridgehead atoms. The van der Waals surface area contributed by atoms with Crippen LogP contribution in [0.2, 0.25) is 0 Å². The van der Waals surface area contributed by atoms with Crippen molar-refractivity contribution < 1.29 is 4.79 Å². The largest absolute Gasteiger partial charge is 0.396 e. The van der Waals surface area contributed by atoms with Crippen molar-refractivity contribution in [3.63, 3.8) is 0 Å². The fourth-order valence-electron chi connectivity index (χ4n) is 2.03. The number of hydrogen-bond acceptors (Lipinski definition) is 4. The fraction of sp³-hybridized carbons (Fsp3) is 0.636. The van der Waals surface area contributed by atoms with E-state index in [2.05, 4.69) is 5.10 Å². The van der Waals surface area contributed by atoms with E-state index >= 15 is 0 Å². The predicted molar refractivity (Wildman–Crippen MR) is 70.1 cm³/mol. The van der Waals surface area contributed by atoms with Gasteiger partial charge in [-0.15, -0.1) is 0 Å². The molecule has 6 heteroatoms. The Kier molecular flexibility index (Phi) is 3.61. The number of carbonyl (C=O) groups excluding carboxylic acids is 1. The van der Waals surface area contributed by atoms with Crippen molar-refractivity contribution in [3.05, 3.63) is 11.9 Å². The second-order valence-corrected chi connectivity index (χ2v) is 5.35. The Hall–Kier alpha value is -1.17. The molecule has 0 aromatic carbocycles. The van der Waals surface area contributed by atoms with Crippen molar-refractivity contribution in [1.82, 2.24) is 14.7 Å². The third-order valence-corrected chi connectivity index (χ3v) is 4.29.